The van der Waals surface area contributed by atoms with Crippen molar-refractivity contribution in [3.8, 4) is 0 Å². The number of carbonyl (C=O) groups excluding carboxylic acids is 2. The van der Waals surface area contributed by atoms with Gasteiger partial charge in [-0.3, -0.25) is 14.3 Å². The summed E-state index contributed by atoms with van der Waals surface area (Å²) < 4.78 is 3.15. The highest BCUT2D eigenvalue weighted by Gasteiger charge is 2.31. The van der Waals surface area contributed by atoms with Gasteiger partial charge in [0.25, 0.3) is 0 Å². The first-order valence-electron chi connectivity index (χ1n) is 9.62. The molecule has 1 saturated carbocycles. The summed E-state index contributed by atoms with van der Waals surface area (Å²) in [6.07, 6.45) is 7.16. The number of nitrogens with one attached hydrogen (secondary N) is 2. The summed E-state index contributed by atoms with van der Waals surface area (Å²) >= 11 is 1.44. The topological polar surface area (TPSA) is 84.2 Å². The monoisotopic (exact) mass is 371 g/mol. The lowest BCUT2D eigenvalue weighted by Crippen LogP contribution is -2.52. The fraction of sp³-hybridized carbons (Fsp3) is 0.895. The molecular weight excluding hydrogens is 334 g/mol. The van der Waals surface area contributed by atoms with Gasteiger partial charge in [-0.15, -0.1) is 0 Å². The van der Waals surface area contributed by atoms with E-state index < -0.39 is 0 Å². The van der Waals surface area contributed by atoms with E-state index in [2.05, 4.69) is 10.0 Å². The van der Waals surface area contributed by atoms with Gasteiger partial charge < -0.3 is 11.1 Å². The molecule has 0 aromatic rings. The van der Waals surface area contributed by atoms with Crippen molar-refractivity contribution in [3.63, 3.8) is 0 Å². The van der Waals surface area contributed by atoms with Crippen LogP contribution >= 0.6 is 11.9 Å². The fourth-order valence-corrected chi connectivity index (χ4v) is 4.20. The van der Waals surface area contributed by atoms with Crippen LogP contribution < -0.4 is 15.8 Å². The third-order valence-electron chi connectivity index (χ3n) is 5.29. The van der Waals surface area contributed by atoms with Crippen molar-refractivity contribution in [1.29, 1.82) is 0 Å². The zero-order valence-electron chi connectivity index (χ0n) is 16.5. The van der Waals surface area contributed by atoms with Gasteiger partial charge in [0, 0.05) is 5.92 Å². The lowest BCUT2D eigenvalue weighted by molar-refractivity contribution is -0.131. The Morgan fingerprint density at radius 1 is 1.08 bits per heavy atom. The Bertz CT molecular complexity index is 421. The maximum Gasteiger partial charge on any atom is 0.238 e. The molecule has 25 heavy (non-hydrogen) atoms. The predicted molar refractivity (Wildman–Crippen MR) is 106 cm³/mol. The minimum absolute atomic E-state index is 0.0704. The molecule has 2 atom stereocenters. The van der Waals surface area contributed by atoms with E-state index in [-0.39, 0.29) is 35.6 Å². The Hall–Kier alpha value is -0.590. The molecule has 0 aromatic heterocycles. The molecule has 0 saturated heterocycles. The normalized spacial score (nSPS) is 23.5. The molecule has 1 rings (SSSR count). The fourth-order valence-electron chi connectivity index (χ4n) is 3.57. The van der Waals surface area contributed by atoms with Crippen LogP contribution in [-0.4, -0.2) is 36.6 Å². The van der Waals surface area contributed by atoms with Crippen LogP contribution in [0, 0.1) is 23.7 Å². The summed E-state index contributed by atoms with van der Waals surface area (Å²) in [6, 6.07) is -0.665. The lowest BCUT2D eigenvalue weighted by atomic mass is 9.78. The largest absolute Gasteiger partial charge is 0.345 e. The van der Waals surface area contributed by atoms with Crippen LogP contribution in [0.4, 0.5) is 0 Å². The molecule has 0 aliphatic heterocycles. The van der Waals surface area contributed by atoms with Crippen LogP contribution in [0.3, 0.4) is 0 Å². The van der Waals surface area contributed by atoms with E-state index in [0.717, 1.165) is 38.6 Å². The number of carbonyl (C=O) groups is 2. The molecule has 1 amide bonds. The summed E-state index contributed by atoms with van der Waals surface area (Å²) in [4.78, 5) is 25.4. The second-order valence-corrected chi connectivity index (χ2v) is 8.66. The van der Waals surface area contributed by atoms with Crippen molar-refractivity contribution in [2.45, 2.75) is 71.9 Å². The Balaban J connectivity index is 2.73. The summed E-state index contributed by atoms with van der Waals surface area (Å²) in [6.45, 7) is 8.61. The third-order valence-corrected chi connectivity index (χ3v) is 5.78. The molecule has 0 bridgehead atoms. The van der Waals surface area contributed by atoms with Crippen LogP contribution in [-0.2, 0) is 9.59 Å². The molecule has 1 aliphatic rings. The number of ketones is 1. The molecule has 1 aliphatic carbocycles. The van der Waals surface area contributed by atoms with Gasteiger partial charge in [-0.1, -0.05) is 52.5 Å². The smallest absolute Gasteiger partial charge is 0.238 e. The molecule has 1 fully saturated rings. The average molecular weight is 372 g/mol. The first-order chi connectivity index (χ1) is 11.8. The Labute approximate surface area is 157 Å². The average Bonchev–Trinajstić information content (AvgIpc) is 2.58. The van der Waals surface area contributed by atoms with Gasteiger partial charge in [0.05, 0.1) is 12.1 Å². The predicted octanol–water partition coefficient (Wildman–Crippen LogP) is 2.74. The number of amides is 1. The SMILES string of the molecule is CSN[C@H](C(=O)N[C@@H](CC1CCC(CN)CC1)C(=O)C(C)C)C(C)C. The molecule has 146 valence electrons. The Kier molecular flexibility index (Phi) is 10.1. The number of hydrogen-bond acceptors (Lipinski definition) is 5. The maximum atomic E-state index is 12.7. The minimum atomic E-state index is -0.378. The van der Waals surface area contributed by atoms with Crippen molar-refractivity contribution in [2.75, 3.05) is 12.8 Å². The Morgan fingerprint density at radius 2 is 1.64 bits per heavy atom. The number of nitrogens with two attached hydrogens (primary N) is 1. The summed E-state index contributed by atoms with van der Waals surface area (Å²) in [7, 11) is 0. The third kappa shape index (κ3) is 7.27. The van der Waals surface area contributed by atoms with Gasteiger partial charge in [-0.05, 0) is 49.8 Å². The van der Waals surface area contributed by atoms with Gasteiger partial charge in [-0.25, -0.2) is 0 Å². The van der Waals surface area contributed by atoms with Crippen molar-refractivity contribution in [2.24, 2.45) is 29.4 Å². The molecule has 0 unspecified atom stereocenters. The molecule has 0 aromatic carbocycles. The van der Waals surface area contributed by atoms with Gasteiger partial charge in [0.2, 0.25) is 5.91 Å². The van der Waals surface area contributed by atoms with Gasteiger partial charge in [0.15, 0.2) is 5.78 Å². The summed E-state index contributed by atoms with van der Waals surface area (Å²) in [5.74, 6) is 1.29. The van der Waals surface area contributed by atoms with E-state index in [1.165, 1.54) is 11.9 Å². The van der Waals surface area contributed by atoms with Gasteiger partial charge in [0.1, 0.15) is 0 Å². The first kappa shape index (κ1) is 22.5. The molecular formula is C19H37N3O2S. The highest BCUT2D eigenvalue weighted by molar-refractivity contribution is 7.96. The Morgan fingerprint density at radius 3 is 2.08 bits per heavy atom. The number of Topliss-reactive ketones (excluding diaryl/α,β-unsaturated/α-hetero) is 1. The number of rotatable bonds is 10. The summed E-state index contributed by atoms with van der Waals surface area (Å²) in [5.41, 5.74) is 5.77. The van der Waals surface area contributed by atoms with Gasteiger partial charge in [-0.2, -0.15) is 0 Å². The van der Waals surface area contributed by atoms with Crippen LogP contribution in [0.15, 0.2) is 0 Å². The quantitative estimate of drug-likeness (QED) is 0.514. The van der Waals surface area contributed by atoms with Crippen LogP contribution in [0.5, 0.6) is 0 Å². The maximum absolute atomic E-state index is 12.7. The lowest BCUT2D eigenvalue weighted by Gasteiger charge is -2.31. The molecule has 6 heteroatoms. The molecule has 4 N–H and O–H groups in total. The van der Waals surface area contributed by atoms with E-state index in [1.54, 1.807) is 0 Å². The zero-order valence-corrected chi connectivity index (χ0v) is 17.3. The van der Waals surface area contributed by atoms with Crippen molar-refractivity contribution < 1.29 is 9.59 Å². The van der Waals surface area contributed by atoms with Crippen LogP contribution in [0.2, 0.25) is 0 Å². The zero-order chi connectivity index (χ0) is 19.0. The highest BCUT2D eigenvalue weighted by atomic mass is 32.2. The van der Waals surface area contributed by atoms with E-state index >= 15 is 0 Å². The van der Waals surface area contributed by atoms with Crippen LogP contribution in [0.1, 0.15) is 59.8 Å². The second kappa shape index (κ2) is 11.2. The van der Waals surface area contributed by atoms with Crippen LogP contribution in [0.25, 0.3) is 0 Å². The molecule has 0 heterocycles. The number of hydrogen-bond donors (Lipinski definition) is 3. The van der Waals surface area contributed by atoms with Crippen molar-refractivity contribution in [1.82, 2.24) is 10.0 Å². The molecule has 0 spiro atoms. The molecule has 0 radical (unpaired) electrons. The second-order valence-electron chi connectivity index (χ2n) is 8.02. The van der Waals surface area contributed by atoms with E-state index in [9.17, 15) is 9.59 Å². The van der Waals surface area contributed by atoms with E-state index in [0.29, 0.717) is 11.8 Å². The standard InChI is InChI=1S/C19H37N3O2S/c1-12(2)17(22-25-5)19(24)21-16(18(23)13(3)4)10-14-6-8-15(11-20)9-7-14/h12-17,22H,6-11,20H2,1-5H3,(H,21,24)/t14?,15?,16-,17-/m0/s1. The van der Waals surface area contributed by atoms with E-state index in [4.69, 9.17) is 5.73 Å². The minimum Gasteiger partial charge on any atom is -0.345 e. The van der Waals surface area contributed by atoms with Crippen molar-refractivity contribution >= 4 is 23.6 Å². The van der Waals surface area contributed by atoms with Crippen molar-refractivity contribution in [3.05, 3.63) is 0 Å². The van der Waals surface area contributed by atoms with E-state index in [1.807, 2.05) is 34.0 Å². The first-order valence-corrected chi connectivity index (χ1v) is 10.8. The molecule has 5 nitrogen and oxygen atoms in total. The highest BCUT2D eigenvalue weighted by Crippen LogP contribution is 2.31. The van der Waals surface area contributed by atoms with Gasteiger partial charge >= 0.3 is 0 Å². The summed E-state index contributed by atoms with van der Waals surface area (Å²) in [5, 5.41) is 3.05.